The number of ether oxygens (including phenoxy) is 1. The number of alkyl halides is 1. The Morgan fingerprint density at radius 2 is 2.18 bits per heavy atom. The Morgan fingerprint density at radius 3 is 2.86 bits per heavy atom. The molecule has 2 rings (SSSR count). The van der Waals surface area contributed by atoms with Crippen LogP contribution >= 0.6 is 12.4 Å². The first-order valence-corrected chi connectivity index (χ1v) is 8.45. The molecule has 0 unspecified atom stereocenters. The molecule has 1 atom stereocenters. The Morgan fingerprint density at radius 1 is 1.41 bits per heavy atom. The van der Waals surface area contributed by atoms with Crippen LogP contribution in [0.3, 0.4) is 0 Å². The lowest BCUT2D eigenvalue weighted by molar-refractivity contribution is 0.196. The van der Waals surface area contributed by atoms with Gasteiger partial charge in [-0.2, -0.15) is 0 Å². The Labute approximate surface area is 137 Å². The van der Waals surface area contributed by atoms with Crippen LogP contribution in [-0.2, 0) is 27.7 Å². The zero-order chi connectivity index (χ0) is 15.3. The van der Waals surface area contributed by atoms with Crippen LogP contribution in [0.25, 0.3) is 0 Å². The van der Waals surface area contributed by atoms with E-state index in [0.717, 1.165) is 11.1 Å². The van der Waals surface area contributed by atoms with Gasteiger partial charge in [-0.1, -0.05) is 6.07 Å². The van der Waals surface area contributed by atoms with Crippen molar-refractivity contribution in [3.63, 3.8) is 0 Å². The molecular weight excluding hydrogens is 331 g/mol. The molecule has 5 nitrogen and oxygen atoms in total. The molecule has 0 radical (unpaired) electrons. The largest absolute Gasteiger partial charge is 0.385 e. The fourth-order valence-electron chi connectivity index (χ4n) is 2.34. The van der Waals surface area contributed by atoms with E-state index in [9.17, 15) is 12.8 Å². The molecular formula is C14H22ClFN2O3S. The maximum Gasteiger partial charge on any atom is 0.240 e. The maximum absolute atomic E-state index is 12.7. The van der Waals surface area contributed by atoms with E-state index in [1.807, 2.05) is 0 Å². The molecule has 1 aromatic rings. The summed E-state index contributed by atoms with van der Waals surface area (Å²) in [6, 6.07) is 4.85. The highest BCUT2D eigenvalue weighted by Crippen LogP contribution is 2.21. The van der Waals surface area contributed by atoms with Crippen molar-refractivity contribution in [2.24, 2.45) is 0 Å². The predicted molar refractivity (Wildman–Crippen MR) is 85.7 cm³/mol. The third-order valence-electron chi connectivity index (χ3n) is 3.54. The summed E-state index contributed by atoms with van der Waals surface area (Å²) in [4.78, 5) is 0.249. The maximum atomic E-state index is 12.7. The number of hydrogen-bond donors (Lipinski definition) is 2. The summed E-state index contributed by atoms with van der Waals surface area (Å²) in [7, 11) is -1.92. The van der Waals surface area contributed by atoms with E-state index >= 15 is 0 Å². The summed E-state index contributed by atoms with van der Waals surface area (Å²) >= 11 is 0. The molecule has 0 fully saturated rings. The van der Waals surface area contributed by atoms with Crippen molar-refractivity contribution >= 4 is 22.4 Å². The smallest absolute Gasteiger partial charge is 0.240 e. The molecule has 0 spiro atoms. The van der Waals surface area contributed by atoms with E-state index in [1.54, 1.807) is 25.3 Å². The van der Waals surface area contributed by atoms with Crippen LogP contribution in [0.15, 0.2) is 23.1 Å². The van der Waals surface area contributed by atoms with Crippen molar-refractivity contribution < 1.29 is 17.5 Å². The first-order chi connectivity index (χ1) is 10.1. The number of benzene rings is 1. The number of rotatable bonds is 7. The molecule has 22 heavy (non-hydrogen) atoms. The summed E-state index contributed by atoms with van der Waals surface area (Å²) < 4.78 is 44.4. The van der Waals surface area contributed by atoms with Crippen molar-refractivity contribution in [3.05, 3.63) is 29.3 Å². The Hall–Kier alpha value is -0.730. The van der Waals surface area contributed by atoms with Gasteiger partial charge in [0.2, 0.25) is 10.0 Å². The number of methoxy groups -OCH3 is 1. The van der Waals surface area contributed by atoms with Gasteiger partial charge in [0.25, 0.3) is 0 Å². The minimum Gasteiger partial charge on any atom is -0.385 e. The van der Waals surface area contributed by atoms with Gasteiger partial charge >= 0.3 is 0 Å². The predicted octanol–water partition coefficient (Wildman–Crippen LogP) is 1.41. The third kappa shape index (κ3) is 4.89. The van der Waals surface area contributed by atoms with E-state index in [4.69, 9.17) is 4.74 Å². The van der Waals surface area contributed by atoms with Crippen LogP contribution in [0, 0.1) is 0 Å². The molecule has 0 aromatic heterocycles. The van der Waals surface area contributed by atoms with Crippen molar-refractivity contribution in [2.45, 2.75) is 30.3 Å². The molecule has 2 N–H and O–H groups in total. The molecule has 0 aliphatic carbocycles. The average molecular weight is 353 g/mol. The highest BCUT2D eigenvalue weighted by molar-refractivity contribution is 7.89. The highest BCUT2D eigenvalue weighted by Gasteiger charge is 2.21. The molecule has 8 heteroatoms. The second kappa shape index (κ2) is 8.79. The lowest BCUT2D eigenvalue weighted by Gasteiger charge is -2.24. The van der Waals surface area contributed by atoms with Crippen molar-refractivity contribution in [2.75, 3.05) is 26.9 Å². The van der Waals surface area contributed by atoms with Crippen LogP contribution in [0.1, 0.15) is 17.5 Å². The number of nitrogens with one attached hydrogen (secondary N) is 2. The Bertz CT molecular complexity index is 583. The van der Waals surface area contributed by atoms with Gasteiger partial charge in [-0.05, 0) is 36.1 Å². The van der Waals surface area contributed by atoms with Gasteiger partial charge in [0, 0.05) is 32.8 Å². The topological polar surface area (TPSA) is 67.4 Å². The van der Waals surface area contributed by atoms with Gasteiger partial charge in [0.15, 0.2) is 0 Å². The van der Waals surface area contributed by atoms with Crippen molar-refractivity contribution in [1.82, 2.24) is 10.0 Å². The second-order valence-corrected chi connectivity index (χ2v) is 6.88. The van der Waals surface area contributed by atoms with Gasteiger partial charge in [-0.25, -0.2) is 17.5 Å². The summed E-state index contributed by atoms with van der Waals surface area (Å²) in [5, 5.41) is 3.06. The molecule has 1 aliphatic rings. The normalized spacial score (nSPS) is 17.6. The summed E-state index contributed by atoms with van der Waals surface area (Å²) in [6.45, 7) is 0.939. The Kier molecular flexibility index (Phi) is 7.71. The Balaban J connectivity index is 0.00000242. The van der Waals surface area contributed by atoms with Gasteiger partial charge in [0.05, 0.1) is 4.90 Å². The van der Waals surface area contributed by atoms with Crippen molar-refractivity contribution in [1.29, 1.82) is 0 Å². The first-order valence-electron chi connectivity index (χ1n) is 6.96. The third-order valence-corrected chi connectivity index (χ3v) is 5.00. The van der Waals surface area contributed by atoms with Crippen LogP contribution in [0.2, 0.25) is 0 Å². The number of hydrogen-bond acceptors (Lipinski definition) is 4. The van der Waals surface area contributed by atoms with E-state index in [1.165, 1.54) is 0 Å². The molecule has 1 aromatic carbocycles. The minimum atomic E-state index is -3.50. The van der Waals surface area contributed by atoms with Gasteiger partial charge in [0.1, 0.15) is 6.67 Å². The minimum absolute atomic E-state index is 0. The molecule has 1 aliphatic heterocycles. The summed E-state index contributed by atoms with van der Waals surface area (Å²) in [5.41, 5.74) is 1.93. The summed E-state index contributed by atoms with van der Waals surface area (Å²) in [6.07, 6.45) is 1.22. The van der Waals surface area contributed by atoms with Crippen LogP contribution < -0.4 is 10.0 Å². The molecule has 1 heterocycles. The zero-order valence-corrected chi connectivity index (χ0v) is 14.1. The fraction of sp³-hybridized carbons (Fsp3) is 0.571. The lowest BCUT2D eigenvalue weighted by Crippen LogP contribution is -2.37. The van der Waals surface area contributed by atoms with Crippen LogP contribution in [-0.4, -0.2) is 41.4 Å². The number of fused-ring (bicyclic) bond motifs is 1. The molecule has 0 saturated heterocycles. The quantitative estimate of drug-likeness (QED) is 0.728. The van der Waals surface area contributed by atoms with Crippen molar-refractivity contribution in [3.8, 4) is 0 Å². The molecule has 0 saturated carbocycles. The molecule has 0 bridgehead atoms. The average Bonchev–Trinajstić information content (AvgIpc) is 2.50. The van der Waals surface area contributed by atoms with Gasteiger partial charge in [-0.3, -0.25) is 0 Å². The monoisotopic (exact) mass is 352 g/mol. The van der Waals surface area contributed by atoms with E-state index in [-0.39, 0.29) is 23.3 Å². The van der Waals surface area contributed by atoms with Crippen LogP contribution in [0.5, 0.6) is 0 Å². The highest BCUT2D eigenvalue weighted by atomic mass is 35.5. The van der Waals surface area contributed by atoms with Gasteiger partial charge < -0.3 is 10.1 Å². The van der Waals surface area contributed by atoms with E-state index < -0.39 is 16.7 Å². The molecule has 126 valence electrons. The van der Waals surface area contributed by atoms with E-state index in [2.05, 4.69) is 10.0 Å². The van der Waals surface area contributed by atoms with Gasteiger partial charge in [-0.15, -0.1) is 12.4 Å². The van der Waals surface area contributed by atoms with E-state index in [0.29, 0.717) is 32.5 Å². The number of sulfonamides is 1. The first kappa shape index (κ1) is 19.3. The lowest BCUT2D eigenvalue weighted by atomic mass is 9.96. The van der Waals surface area contributed by atoms with Crippen LogP contribution in [0.4, 0.5) is 4.39 Å². The molecule has 0 amide bonds. The zero-order valence-electron chi connectivity index (χ0n) is 12.5. The fourth-order valence-corrected chi connectivity index (χ4v) is 3.46. The SMILES string of the molecule is COCCCNS(=O)(=O)c1ccc2c(c1)CN[C@@H](CF)C2.Cl. The summed E-state index contributed by atoms with van der Waals surface area (Å²) in [5.74, 6) is 0. The standard InChI is InChI=1S/C14H21FN2O3S.ClH/c1-20-6-2-5-17-21(18,19)14-4-3-11-7-13(9-15)16-10-12(11)8-14;/h3-4,8,13,16-17H,2,5-7,9-10H2,1H3;1H/t13-;/m1./s1. The number of halogens is 2. The second-order valence-electron chi connectivity index (χ2n) is 5.11.